The molecule has 130 valence electrons. The average molecular weight is 344 g/mol. The van der Waals surface area contributed by atoms with Crippen molar-refractivity contribution in [3.05, 3.63) is 71.5 Å². The monoisotopic (exact) mass is 344 g/mol. The molecule has 6 nitrogen and oxygen atoms in total. The highest BCUT2D eigenvalue weighted by atomic mass is 19.1. The first-order chi connectivity index (χ1) is 12.0. The largest absolute Gasteiger partial charge is 0.455 e. The quantitative estimate of drug-likeness (QED) is 0.785. The van der Waals surface area contributed by atoms with E-state index >= 15 is 0 Å². The first-order valence-corrected chi connectivity index (χ1v) is 7.55. The van der Waals surface area contributed by atoms with Crippen molar-refractivity contribution in [1.29, 1.82) is 0 Å². The normalized spacial score (nSPS) is 9.96. The van der Waals surface area contributed by atoms with Gasteiger partial charge in [0.2, 0.25) is 0 Å². The topological polar surface area (TPSA) is 84.5 Å². The van der Waals surface area contributed by atoms with Crippen LogP contribution in [0.2, 0.25) is 0 Å². The Morgan fingerprint density at radius 2 is 1.64 bits per heavy atom. The smallest absolute Gasteiger partial charge is 0.321 e. The van der Waals surface area contributed by atoms with E-state index in [1.54, 1.807) is 6.07 Å². The molecule has 0 unspecified atom stereocenters. The van der Waals surface area contributed by atoms with Gasteiger partial charge in [-0.2, -0.15) is 0 Å². The standard InChI is InChI=1S/C18H17FN2O4/c19-15-9-5-4-8-14(15)10-17(23)25-12-16(22)21-18(24)20-11-13-6-2-1-3-7-13/h1-9H,10-12H2,(H2,20,21,22,24). The van der Waals surface area contributed by atoms with Crippen molar-refractivity contribution in [2.75, 3.05) is 6.61 Å². The fourth-order valence-electron chi connectivity index (χ4n) is 1.98. The van der Waals surface area contributed by atoms with Crippen LogP contribution in [-0.4, -0.2) is 24.5 Å². The Bertz CT molecular complexity index is 750. The van der Waals surface area contributed by atoms with E-state index in [1.807, 2.05) is 35.6 Å². The van der Waals surface area contributed by atoms with E-state index in [9.17, 15) is 18.8 Å². The zero-order valence-electron chi connectivity index (χ0n) is 13.3. The molecule has 0 atom stereocenters. The van der Waals surface area contributed by atoms with E-state index in [1.165, 1.54) is 18.2 Å². The Kier molecular flexibility index (Phi) is 6.65. The zero-order valence-corrected chi connectivity index (χ0v) is 13.3. The van der Waals surface area contributed by atoms with Crippen LogP contribution in [0.25, 0.3) is 0 Å². The number of esters is 1. The van der Waals surface area contributed by atoms with Gasteiger partial charge in [-0.05, 0) is 17.2 Å². The molecule has 0 bridgehead atoms. The molecule has 2 aromatic carbocycles. The van der Waals surface area contributed by atoms with E-state index in [0.29, 0.717) is 0 Å². The first kappa shape index (κ1) is 18.1. The summed E-state index contributed by atoms with van der Waals surface area (Å²) in [4.78, 5) is 34.7. The third kappa shape index (κ3) is 6.42. The number of hydrogen-bond acceptors (Lipinski definition) is 4. The number of rotatable bonds is 6. The summed E-state index contributed by atoms with van der Waals surface area (Å²) in [5.41, 5.74) is 1.05. The van der Waals surface area contributed by atoms with Gasteiger partial charge in [-0.1, -0.05) is 48.5 Å². The number of imide groups is 1. The molecule has 2 N–H and O–H groups in total. The molecule has 0 spiro atoms. The van der Waals surface area contributed by atoms with Crippen molar-refractivity contribution >= 4 is 17.9 Å². The second-order valence-corrected chi connectivity index (χ2v) is 5.15. The fraction of sp³-hybridized carbons (Fsp3) is 0.167. The van der Waals surface area contributed by atoms with Crippen LogP contribution >= 0.6 is 0 Å². The molecule has 7 heteroatoms. The highest BCUT2D eigenvalue weighted by molar-refractivity contribution is 5.95. The highest BCUT2D eigenvalue weighted by Crippen LogP contribution is 2.07. The first-order valence-electron chi connectivity index (χ1n) is 7.55. The van der Waals surface area contributed by atoms with Crippen LogP contribution in [0.15, 0.2) is 54.6 Å². The van der Waals surface area contributed by atoms with Crippen LogP contribution < -0.4 is 10.6 Å². The van der Waals surface area contributed by atoms with E-state index in [-0.39, 0.29) is 18.5 Å². The molecule has 0 saturated carbocycles. The molecule has 0 radical (unpaired) electrons. The van der Waals surface area contributed by atoms with E-state index < -0.39 is 30.3 Å². The molecule has 0 aliphatic heterocycles. The third-order valence-corrected chi connectivity index (χ3v) is 3.21. The molecule has 0 aliphatic carbocycles. The predicted octanol–water partition coefficient (Wildman–Crippen LogP) is 1.94. The Hall–Kier alpha value is -3.22. The van der Waals surface area contributed by atoms with E-state index in [4.69, 9.17) is 4.74 Å². The van der Waals surface area contributed by atoms with Crippen molar-refractivity contribution in [2.45, 2.75) is 13.0 Å². The van der Waals surface area contributed by atoms with Crippen molar-refractivity contribution < 1.29 is 23.5 Å². The predicted molar refractivity (Wildman–Crippen MR) is 87.9 cm³/mol. The molecular formula is C18H17FN2O4. The lowest BCUT2D eigenvalue weighted by molar-refractivity contribution is -0.147. The molecule has 2 aromatic rings. The molecule has 0 heterocycles. The van der Waals surface area contributed by atoms with Crippen molar-refractivity contribution in [3.63, 3.8) is 0 Å². The molecule has 0 aliphatic rings. The minimum atomic E-state index is -0.771. The summed E-state index contributed by atoms with van der Waals surface area (Å²) < 4.78 is 18.1. The van der Waals surface area contributed by atoms with Gasteiger partial charge in [0.15, 0.2) is 6.61 Å². The van der Waals surface area contributed by atoms with Gasteiger partial charge >= 0.3 is 12.0 Å². The number of benzene rings is 2. The summed E-state index contributed by atoms with van der Waals surface area (Å²) >= 11 is 0. The van der Waals surface area contributed by atoms with Gasteiger partial charge < -0.3 is 10.1 Å². The minimum Gasteiger partial charge on any atom is -0.455 e. The molecule has 0 fully saturated rings. The Labute approximate surface area is 144 Å². The SMILES string of the molecule is O=C(COC(=O)Cc1ccccc1F)NC(=O)NCc1ccccc1. The molecule has 0 aromatic heterocycles. The van der Waals surface area contributed by atoms with Gasteiger partial charge in [0.1, 0.15) is 5.82 Å². The van der Waals surface area contributed by atoms with Gasteiger partial charge in [-0.15, -0.1) is 0 Å². The maximum absolute atomic E-state index is 13.4. The summed E-state index contributed by atoms with van der Waals surface area (Å²) in [6, 6.07) is 14.2. The molecule has 25 heavy (non-hydrogen) atoms. The summed E-state index contributed by atoms with van der Waals surface area (Å²) in [5.74, 6) is -2.05. The fourth-order valence-corrected chi connectivity index (χ4v) is 1.98. The second kappa shape index (κ2) is 9.17. The number of amides is 3. The number of ether oxygens (including phenoxy) is 1. The molecule has 0 saturated heterocycles. The Balaban J connectivity index is 1.68. The van der Waals surface area contributed by atoms with Gasteiger partial charge in [0, 0.05) is 6.54 Å². The van der Waals surface area contributed by atoms with Crippen molar-refractivity contribution in [1.82, 2.24) is 10.6 Å². The van der Waals surface area contributed by atoms with Crippen LogP contribution in [0.5, 0.6) is 0 Å². The van der Waals surface area contributed by atoms with Crippen LogP contribution in [0.3, 0.4) is 0 Å². The highest BCUT2D eigenvalue weighted by Gasteiger charge is 2.12. The summed E-state index contributed by atoms with van der Waals surface area (Å²) in [7, 11) is 0. The van der Waals surface area contributed by atoms with E-state index in [2.05, 4.69) is 5.32 Å². The lowest BCUT2D eigenvalue weighted by Crippen LogP contribution is -2.41. The van der Waals surface area contributed by atoms with Crippen molar-refractivity contribution in [2.24, 2.45) is 0 Å². The lowest BCUT2D eigenvalue weighted by Gasteiger charge is -2.08. The number of nitrogens with one attached hydrogen (secondary N) is 2. The molecule has 3 amide bonds. The van der Waals surface area contributed by atoms with Crippen LogP contribution in [0.1, 0.15) is 11.1 Å². The van der Waals surface area contributed by atoms with Crippen LogP contribution in [0.4, 0.5) is 9.18 Å². The summed E-state index contributed by atoms with van der Waals surface area (Å²) in [6.45, 7) is -0.362. The Morgan fingerprint density at radius 3 is 2.36 bits per heavy atom. The lowest BCUT2D eigenvalue weighted by atomic mass is 10.1. The number of hydrogen-bond donors (Lipinski definition) is 2. The number of halogens is 1. The molecular weight excluding hydrogens is 327 g/mol. The van der Waals surface area contributed by atoms with Gasteiger partial charge in [0.25, 0.3) is 5.91 Å². The number of carbonyl (C=O) groups is 3. The molecule has 2 rings (SSSR count). The van der Waals surface area contributed by atoms with Crippen molar-refractivity contribution in [3.8, 4) is 0 Å². The summed E-state index contributed by atoms with van der Waals surface area (Å²) in [6.07, 6.45) is -0.292. The third-order valence-electron chi connectivity index (χ3n) is 3.21. The average Bonchev–Trinajstić information content (AvgIpc) is 2.61. The van der Waals surface area contributed by atoms with Gasteiger partial charge in [-0.25, -0.2) is 9.18 Å². The Morgan fingerprint density at radius 1 is 0.960 bits per heavy atom. The van der Waals surface area contributed by atoms with Gasteiger partial charge in [0.05, 0.1) is 6.42 Å². The maximum atomic E-state index is 13.4. The summed E-state index contributed by atoms with van der Waals surface area (Å²) in [5, 5.41) is 4.54. The van der Waals surface area contributed by atoms with E-state index in [0.717, 1.165) is 5.56 Å². The van der Waals surface area contributed by atoms with Crippen LogP contribution in [-0.2, 0) is 27.3 Å². The minimum absolute atomic E-state index is 0.175. The van der Waals surface area contributed by atoms with Crippen LogP contribution in [0, 0.1) is 5.82 Å². The number of carbonyl (C=O) groups excluding carboxylic acids is 3. The van der Waals surface area contributed by atoms with Gasteiger partial charge in [-0.3, -0.25) is 14.9 Å². The number of urea groups is 1. The zero-order chi connectivity index (χ0) is 18.1. The second-order valence-electron chi connectivity index (χ2n) is 5.15. The maximum Gasteiger partial charge on any atom is 0.321 e.